The highest BCUT2D eigenvalue weighted by molar-refractivity contribution is 9.10. The molecular weight excluding hydrogens is 460 g/mol. The van der Waals surface area contributed by atoms with Crippen LogP contribution in [0.2, 0.25) is 0 Å². The Kier molecular flexibility index (Phi) is 6.71. The lowest BCUT2D eigenvalue weighted by atomic mass is 9.98. The van der Waals surface area contributed by atoms with Crippen LogP contribution < -0.4 is 5.32 Å². The SMILES string of the molecule is COC(=O)c1ccccc1NC(=O)[C@H]1CCCN(S(=O)(=O)c2ccc(Br)cc2)C1. The first-order valence-corrected chi connectivity index (χ1v) is 11.3. The second-order valence-electron chi connectivity index (χ2n) is 6.68. The predicted molar refractivity (Wildman–Crippen MR) is 112 cm³/mol. The van der Waals surface area contributed by atoms with E-state index in [1.54, 1.807) is 36.4 Å². The number of para-hydroxylation sites is 1. The van der Waals surface area contributed by atoms with Crippen molar-refractivity contribution in [2.45, 2.75) is 17.7 Å². The van der Waals surface area contributed by atoms with Gasteiger partial charge in [0.2, 0.25) is 15.9 Å². The molecule has 29 heavy (non-hydrogen) atoms. The molecule has 0 aromatic heterocycles. The van der Waals surface area contributed by atoms with Crippen LogP contribution in [0.15, 0.2) is 57.9 Å². The van der Waals surface area contributed by atoms with Crippen molar-refractivity contribution in [3.8, 4) is 0 Å². The summed E-state index contributed by atoms with van der Waals surface area (Å²) < 4.78 is 32.7. The smallest absolute Gasteiger partial charge is 0.339 e. The van der Waals surface area contributed by atoms with E-state index in [0.717, 1.165) is 4.47 Å². The van der Waals surface area contributed by atoms with E-state index in [-0.39, 0.29) is 22.9 Å². The van der Waals surface area contributed by atoms with Gasteiger partial charge >= 0.3 is 5.97 Å². The number of carbonyl (C=O) groups is 2. The zero-order valence-electron chi connectivity index (χ0n) is 15.8. The first-order chi connectivity index (χ1) is 13.8. The summed E-state index contributed by atoms with van der Waals surface area (Å²) in [6, 6.07) is 13.0. The van der Waals surface area contributed by atoms with Crippen molar-refractivity contribution in [1.82, 2.24) is 4.31 Å². The number of ether oxygens (including phenoxy) is 1. The number of rotatable bonds is 5. The number of halogens is 1. The van der Waals surface area contributed by atoms with Crippen LogP contribution in [0.4, 0.5) is 5.69 Å². The van der Waals surface area contributed by atoms with Gasteiger partial charge in [0, 0.05) is 17.6 Å². The van der Waals surface area contributed by atoms with E-state index < -0.39 is 21.9 Å². The fraction of sp³-hybridized carbons (Fsp3) is 0.300. The lowest BCUT2D eigenvalue weighted by Gasteiger charge is -2.31. The quantitative estimate of drug-likeness (QED) is 0.662. The number of carbonyl (C=O) groups excluding carboxylic acids is 2. The number of hydrogen-bond acceptors (Lipinski definition) is 5. The normalized spacial score (nSPS) is 17.5. The van der Waals surface area contributed by atoms with Crippen LogP contribution in [-0.4, -0.2) is 44.8 Å². The maximum absolute atomic E-state index is 12.9. The molecule has 1 saturated heterocycles. The topological polar surface area (TPSA) is 92.8 Å². The first kappa shape index (κ1) is 21.5. The summed E-state index contributed by atoms with van der Waals surface area (Å²) in [5.74, 6) is -1.39. The molecule has 154 valence electrons. The van der Waals surface area contributed by atoms with Gasteiger partial charge in [-0.1, -0.05) is 28.1 Å². The van der Waals surface area contributed by atoms with E-state index in [2.05, 4.69) is 21.2 Å². The van der Waals surface area contributed by atoms with E-state index >= 15 is 0 Å². The third kappa shape index (κ3) is 4.85. The number of amides is 1. The van der Waals surface area contributed by atoms with Gasteiger partial charge < -0.3 is 10.1 Å². The minimum Gasteiger partial charge on any atom is -0.465 e. The maximum atomic E-state index is 12.9. The highest BCUT2D eigenvalue weighted by Crippen LogP contribution is 2.26. The molecule has 1 heterocycles. The molecule has 0 aliphatic carbocycles. The van der Waals surface area contributed by atoms with Gasteiger partial charge in [-0.3, -0.25) is 4.79 Å². The minimum atomic E-state index is -3.69. The van der Waals surface area contributed by atoms with Crippen molar-refractivity contribution < 1.29 is 22.7 Å². The third-order valence-electron chi connectivity index (χ3n) is 4.80. The number of nitrogens with zero attached hydrogens (tertiary/aromatic N) is 1. The second kappa shape index (κ2) is 9.06. The Morgan fingerprint density at radius 3 is 2.52 bits per heavy atom. The molecule has 1 fully saturated rings. The molecule has 0 unspecified atom stereocenters. The molecule has 0 radical (unpaired) electrons. The molecule has 2 aromatic carbocycles. The average molecular weight is 481 g/mol. The molecule has 7 nitrogen and oxygen atoms in total. The van der Waals surface area contributed by atoms with Gasteiger partial charge in [-0.15, -0.1) is 0 Å². The van der Waals surface area contributed by atoms with Crippen LogP contribution >= 0.6 is 15.9 Å². The number of anilines is 1. The fourth-order valence-electron chi connectivity index (χ4n) is 3.25. The van der Waals surface area contributed by atoms with Crippen molar-refractivity contribution in [1.29, 1.82) is 0 Å². The fourth-order valence-corrected chi connectivity index (χ4v) is 5.03. The van der Waals surface area contributed by atoms with Crippen molar-refractivity contribution >= 4 is 43.5 Å². The third-order valence-corrected chi connectivity index (χ3v) is 7.20. The van der Waals surface area contributed by atoms with Gasteiger partial charge in [0.25, 0.3) is 0 Å². The Hall–Kier alpha value is -2.23. The van der Waals surface area contributed by atoms with Gasteiger partial charge in [-0.2, -0.15) is 4.31 Å². The molecule has 1 aliphatic heterocycles. The predicted octanol–water partition coefficient (Wildman–Crippen LogP) is 3.28. The number of esters is 1. The Bertz CT molecular complexity index is 1010. The molecule has 1 atom stereocenters. The minimum absolute atomic E-state index is 0.0879. The standard InChI is InChI=1S/C20H21BrN2O5S/c1-28-20(25)17-6-2-3-7-18(17)22-19(24)14-5-4-12-23(13-14)29(26,27)16-10-8-15(21)9-11-16/h2-3,6-11,14H,4-5,12-13H2,1H3,(H,22,24)/t14-/m0/s1. The van der Waals surface area contributed by atoms with E-state index in [1.165, 1.54) is 23.5 Å². The Morgan fingerprint density at radius 1 is 1.14 bits per heavy atom. The number of methoxy groups -OCH3 is 1. The van der Waals surface area contributed by atoms with Crippen LogP contribution in [0.5, 0.6) is 0 Å². The van der Waals surface area contributed by atoms with Crippen molar-refractivity contribution in [2.24, 2.45) is 5.92 Å². The summed E-state index contributed by atoms with van der Waals surface area (Å²) in [5.41, 5.74) is 0.593. The summed E-state index contributed by atoms with van der Waals surface area (Å²) in [6.45, 7) is 0.450. The van der Waals surface area contributed by atoms with Gasteiger partial charge in [0.05, 0.1) is 29.2 Å². The van der Waals surface area contributed by atoms with E-state index in [1.807, 2.05) is 0 Å². The molecule has 1 aliphatic rings. The summed E-state index contributed by atoms with van der Waals surface area (Å²) in [7, 11) is -2.41. The van der Waals surface area contributed by atoms with Crippen molar-refractivity contribution in [3.05, 3.63) is 58.6 Å². The molecule has 1 N–H and O–H groups in total. The summed E-state index contributed by atoms with van der Waals surface area (Å²) in [6.07, 6.45) is 1.14. The molecular formula is C20H21BrN2O5S. The summed E-state index contributed by atoms with van der Waals surface area (Å²) in [4.78, 5) is 24.9. The molecule has 0 bridgehead atoms. The van der Waals surface area contributed by atoms with E-state index in [0.29, 0.717) is 25.1 Å². The van der Waals surface area contributed by atoms with Gasteiger partial charge in [-0.25, -0.2) is 13.2 Å². The Morgan fingerprint density at radius 2 is 1.83 bits per heavy atom. The largest absolute Gasteiger partial charge is 0.465 e. The first-order valence-electron chi connectivity index (χ1n) is 9.07. The Balaban J connectivity index is 1.75. The van der Waals surface area contributed by atoms with Gasteiger partial charge in [0.1, 0.15) is 0 Å². The zero-order valence-corrected chi connectivity index (χ0v) is 18.2. The maximum Gasteiger partial charge on any atom is 0.339 e. The van der Waals surface area contributed by atoms with Gasteiger partial charge in [0.15, 0.2) is 0 Å². The number of sulfonamides is 1. The van der Waals surface area contributed by atoms with Crippen LogP contribution in [0.25, 0.3) is 0 Å². The highest BCUT2D eigenvalue weighted by Gasteiger charge is 2.33. The molecule has 3 rings (SSSR count). The number of benzene rings is 2. The van der Waals surface area contributed by atoms with E-state index in [4.69, 9.17) is 4.74 Å². The molecule has 0 spiro atoms. The summed E-state index contributed by atoms with van der Waals surface area (Å²) in [5, 5.41) is 2.75. The Labute approximate surface area is 178 Å². The monoisotopic (exact) mass is 480 g/mol. The van der Waals surface area contributed by atoms with Crippen LogP contribution in [-0.2, 0) is 19.6 Å². The molecule has 0 saturated carbocycles. The molecule has 1 amide bonds. The van der Waals surface area contributed by atoms with E-state index in [9.17, 15) is 18.0 Å². The van der Waals surface area contributed by atoms with Crippen LogP contribution in [0.3, 0.4) is 0 Å². The highest BCUT2D eigenvalue weighted by atomic mass is 79.9. The lowest BCUT2D eigenvalue weighted by molar-refractivity contribution is -0.120. The van der Waals surface area contributed by atoms with Crippen molar-refractivity contribution in [2.75, 3.05) is 25.5 Å². The number of piperidine rings is 1. The second-order valence-corrected chi connectivity index (χ2v) is 9.54. The molecule has 9 heteroatoms. The van der Waals surface area contributed by atoms with Crippen LogP contribution in [0, 0.1) is 5.92 Å². The van der Waals surface area contributed by atoms with Gasteiger partial charge in [-0.05, 0) is 49.2 Å². The number of nitrogens with one attached hydrogen (secondary N) is 1. The summed E-state index contributed by atoms with van der Waals surface area (Å²) >= 11 is 3.30. The average Bonchev–Trinajstić information content (AvgIpc) is 2.74. The van der Waals surface area contributed by atoms with Crippen LogP contribution in [0.1, 0.15) is 23.2 Å². The number of hydrogen-bond donors (Lipinski definition) is 1. The van der Waals surface area contributed by atoms with Crippen molar-refractivity contribution in [3.63, 3.8) is 0 Å². The lowest BCUT2D eigenvalue weighted by Crippen LogP contribution is -2.43. The molecule has 2 aromatic rings. The zero-order chi connectivity index (χ0) is 21.0.